The fourth-order valence-corrected chi connectivity index (χ4v) is 3.38. The van der Waals surface area contributed by atoms with E-state index in [1.807, 2.05) is 30.3 Å². The van der Waals surface area contributed by atoms with Crippen LogP contribution in [-0.2, 0) is 0 Å². The van der Waals surface area contributed by atoms with E-state index in [-0.39, 0.29) is 7.43 Å². The van der Waals surface area contributed by atoms with Crippen molar-refractivity contribution in [3.05, 3.63) is 37.8 Å². The van der Waals surface area contributed by atoms with Crippen LogP contribution in [0.25, 0.3) is 11.5 Å². The Hall–Kier alpha value is -1.88. The summed E-state index contributed by atoms with van der Waals surface area (Å²) in [5.41, 5.74) is 0.980. The van der Waals surface area contributed by atoms with Crippen molar-refractivity contribution in [2.45, 2.75) is 12.8 Å². The number of nitrogens with zero attached hydrogens (tertiary/aromatic N) is 4. The van der Waals surface area contributed by atoms with Gasteiger partial charge in [0.25, 0.3) is 0 Å². The average molecular weight is 298 g/mol. The van der Waals surface area contributed by atoms with Gasteiger partial charge in [0.2, 0.25) is 5.89 Å². The van der Waals surface area contributed by atoms with Gasteiger partial charge in [0.05, 0.1) is 0 Å². The van der Waals surface area contributed by atoms with Crippen LogP contribution in [0.4, 0.5) is 6.01 Å². The van der Waals surface area contributed by atoms with E-state index in [2.05, 4.69) is 20.0 Å². The molecule has 0 amide bonds. The third kappa shape index (κ3) is 2.99. The molecular formula is C17H22N4O. The molecule has 1 aromatic carbocycles. The van der Waals surface area contributed by atoms with Gasteiger partial charge < -0.3 is 14.2 Å². The molecule has 116 valence electrons. The average Bonchev–Trinajstić information content (AvgIpc) is 2.97. The lowest BCUT2D eigenvalue weighted by molar-refractivity contribution is 0.200. The second-order valence-electron chi connectivity index (χ2n) is 6.01. The van der Waals surface area contributed by atoms with Crippen molar-refractivity contribution in [1.82, 2.24) is 15.1 Å². The molecule has 1 aromatic heterocycles. The molecule has 2 saturated heterocycles. The van der Waals surface area contributed by atoms with Gasteiger partial charge in [-0.3, -0.25) is 0 Å². The molecule has 5 nitrogen and oxygen atoms in total. The minimum Gasteiger partial charge on any atom is -0.403 e. The number of rotatable bonds is 2. The number of benzene rings is 1. The van der Waals surface area contributed by atoms with E-state index in [1.54, 1.807) is 0 Å². The SMILES string of the molecule is [CH2].c1ccc(-c2nnc(N3CCN4CCCC(C4)C3)o2)cc1. The van der Waals surface area contributed by atoms with Crippen molar-refractivity contribution in [2.75, 3.05) is 37.6 Å². The van der Waals surface area contributed by atoms with Crippen molar-refractivity contribution in [3.63, 3.8) is 0 Å². The van der Waals surface area contributed by atoms with Crippen molar-refractivity contribution in [3.8, 4) is 11.5 Å². The molecule has 3 heterocycles. The quantitative estimate of drug-likeness (QED) is 0.853. The summed E-state index contributed by atoms with van der Waals surface area (Å²) in [5.74, 6) is 1.34. The molecule has 2 unspecified atom stereocenters. The molecule has 2 bridgehead atoms. The lowest BCUT2D eigenvalue weighted by atomic mass is 9.99. The smallest absolute Gasteiger partial charge is 0.318 e. The Morgan fingerprint density at radius 3 is 2.73 bits per heavy atom. The van der Waals surface area contributed by atoms with E-state index in [0.717, 1.165) is 31.1 Å². The van der Waals surface area contributed by atoms with E-state index < -0.39 is 0 Å². The van der Waals surface area contributed by atoms with E-state index in [0.29, 0.717) is 11.9 Å². The molecule has 0 saturated carbocycles. The van der Waals surface area contributed by atoms with Crippen LogP contribution < -0.4 is 4.90 Å². The van der Waals surface area contributed by atoms with Crippen molar-refractivity contribution >= 4 is 6.01 Å². The summed E-state index contributed by atoms with van der Waals surface area (Å²) in [6.07, 6.45) is 2.63. The highest BCUT2D eigenvalue weighted by Crippen LogP contribution is 2.26. The maximum absolute atomic E-state index is 5.90. The molecule has 4 rings (SSSR count). The predicted molar refractivity (Wildman–Crippen MR) is 86.5 cm³/mol. The summed E-state index contributed by atoms with van der Waals surface area (Å²) in [7, 11) is 0. The van der Waals surface area contributed by atoms with Crippen molar-refractivity contribution < 1.29 is 4.42 Å². The van der Waals surface area contributed by atoms with E-state index in [4.69, 9.17) is 4.42 Å². The minimum atomic E-state index is 0. The minimum absolute atomic E-state index is 0. The normalized spacial score (nSPS) is 24.5. The molecule has 2 fully saturated rings. The summed E-state index contributed by atoms with van der Waals surface area (Å²) in [6, 6.07) is 10.6. The first-order valence-electron chi connectivity index (χ1n) is 7.75. The monoisotopic (exact) mass is 298 g/mol. The van der Waals surface area contributed by atoms with Gasteiger partial charge in [0.15, 0.2) is 0 Å². The van der Waals surface area contributed by atoms with Crippen LogP contribution in [0.1, 0.15) is 12.8 Å². The van der Waals surface area contributed by atoms with Crippen molar-refractivity contribution in [2.24, 2.45) is 5.92 Å². The molecular weight excluding hydrogens is 276 g/mol. The second-order valence-corrected chi connectivity index (χ2v) is 6.01. The molecule has 2 atom stereocenters. The molecule has 2 aromatic rings. The maximum atomic E-state index is 5.90. The van der Waals surface area contributed by atoms with Crippen LogP contribution in [-0.4, -0.2) is 47.8 Å². The molecule has 0 aliphatic carbocycles. The van der Waals surface area contributed by atoms with Crippen LogP contribution in [0, 0.1) is 13.3 Å². The lowest BCUT2D eigenvalue weighted by Gasteiger charge is -2.29. The van der Waals surface area contributed by atoms with Crippen LogP contribution in [0.3, 0.4) is 0 Å². The summed E-state index contributed by atoms with van der Waals surface area (Å²) in [4.78, 5) is 4.82. The number of aromatic nitrogens is 2. The van der Waals surface area contributed by atoms with Gasteiger partial charge in [-0.05, 0) is 37.4 Å². The zero-order valence-electron chi connectivity index (χ0n) is 12.8. The topological polar surface area (TPSA) is 45.4 Å². The summed E-state index contributed by atoms with van der Waals surface area (Å²) >= 11 is 0. The van der Waals surface area contributed by atoms with Gasteiger partial charge in [0.1, 0.15) is 0 Å². The first-order chi connectivity index (χ1) is 10.4. The van der Waals surface area contributed by atoms with Gasteiger partial charge in [-0.15, -0.1) is 5.10 Å². The molecule has 2 aliphatic rings. The summed E-state index contributed by atoms with van der Waals surface area (Å²) in [6.45, 7) is 5.57. The number of piperidine rings is 1. The lowest BCUT2D eigenvalue weighted by Crippen LogP contribution is -2.35. The van der Waals surface area contributed by atoms with Gasteiger partial charge in [-0.2, -0.15) is 0 Å². The number of fused-ring (bicyclic) bond motifs is 2. The van der Waals surface area contributed by atoms with Gasteiger partial charge in [-0.1, -0.05) is 30.7 Å². The van der Waals surface area contributed by atoms with Gasteiger partial charge in [0, 0.05) is 31.7 Å². The van der Waals surface area contributed by atoms with E-state index in [9.17, 15) is 0 Å². The Morgan fingerprint density at radius 1 is 1.00 bits per heavy atom. The Labute approximate surface area is 131 Å². The molecule has 5 heteroatoms. The first kappa shape index (κ1) is 15.0. The largest absolute Gasteiger partial charge is 0.403 e. The van der Waals surface area contributed by atoms with Crippen LogP contribution >= 0.6 is 0 Å². The fraction of sp³-hybridized carbons (Fsp3) is 0.471. The third-order valence-corrected chi connectivity index (χ3v) is 4.47. The Kier molecular flexibility index (Phi) is 4.43. The number of hydrogen-bond acceptors (Lipinski definition) is 5. The standard InChI is InChI=1S/C16H20N4O.CH2/c1-2-6-14(7-3-1)15-17-18-16(21-15)20-10-9-19-8-4-5-13(11-19)12-20;/h1-3,6-7,13H,4-5,8-12H2;1H2. The van der Waals surface area contributed by atoms with Crippen molar-refractivity contribution in [1.29, 1.82) is 0 Å². The highest BCUT2D eigenvalue weighted by atomic mass is 16.4. The second kappa shape index (κ2) is 6.48. The Morgan fingerprint density at radius 2 is 1.86 bits per heavy atom. The van der Waals surface area contributed by atoms with Gasteiger partial charge >= 0.3 is 6.01 Å². The summed E-state index contributed by atoms with van der Waals surface area (Å²) in [5, 5.41) is 8.47. The molecule has 0 spiro atoms. The van der Waals surface area contributed by atoms with Crippen LogP contribution in [0.2, 0.25) is 0 Å². The fourth-order valence-electron chi connectivity index (χ4n) is 3.38. The maximum Gasteiger partial charge on any atom is 0.318 e. The Balaban J connectivity index is 0.00000144. The molecule has 2 aliphatic heterocycles. The van der Waals surface area contributed by atoms with Crippen LogP contribution in [0.15, 0.2) is 34.7 Å². The van der Waals surface area contributed by atoms with E-state index >= 15 is 0 Å². The van der Waals surface area contributed by atoms with Gasteiger partial charge in [-0.25, -0.2) is 0 Å². The Bertz CT molecular complexity index is 598. The zero-order chi connectivity index (χ0) is 14.1. The number of anilines is 1. The predicted octanol–water partition coefficient (Wildman–Crippen LogP) is 2.60. The molecule has 2 radical (unpaired) electrons. The highest BCUT2D eigenvalue weighted by molar-refractivity contribution is 5.53. The van der Waals surface area contributed by atoms with E-state index in [1.165, 1.54) is 25.9 Å². The molecule has 0 N–H and O–H groups in total. The number of hydrogen-bond donors (Lipinski definition) is 0. The van der Waals surface area contributed by atoms with Crippen LogP contribution in [0.5, 0.6) is 0 Å². The highest BCUT2D eigenvalue weighted by Gasteiger charge is 2.28. The summed E-state index contributed by atoms with van der Waals surface area (Å²) < 4.78 is 5.90. The zero-order valence-corrected chi connectivity index (χ0v) is 12.8. The molecule has 22 heavy (non-hydrogen) atoms. The third-order valence-electron chi connectivity index (χ3n) is 4.47. The first-order valence-corrected chi connectivity index (χ1v) is 7.75.